The van der Waals surface area contributed by atoms with Gasteiger partial charge in [0.1, 0.15) is 5.82 Å². The third-order valence-electron chi connectivity index (χ3n) is 4.30. The fourth-order valence-corrected chi connectivity index (χ4v) is 4.38. The lowest BCUT2D eigenvalue weighted by Crippen LogP contribution is -2.32. The van der Waals surface area contributed by atoms with E-state index in [4.69, 9.17) is 0 Å². The third-order valence-corrected chi connectivity index (χ3v) is 6.14. The zero-order valence-corrected chi connectivity index (χ0v) is 15.9. The standard InChI is InChI=1S/C21H21FN2O2S/c1-17-6-4-9-20(14-17)27(25,26)24(16-18-7-5-12-23-15-18)13-11-19-8-2-3-10-21(19)22/h2-10,12,14-15H,11,13,16H2,1H3. The van der Waals surface area contributed by atoms with Gasteiger partial charge in [0.05, 0.1) is 4.90 Å². The van der Waals surface area contributed by atoms with Crippen molar-refractivity contribution in [2.75, 3.05) is 6.54 Å². The Kier molecular flexibility index (Phi) is 5.98. The topological polar surface area (TPSA) is 50.3 Å². The van der Waals surface area contributed by atoms with E-state index < -0.39 is 10.0 Å². The summed E-state index contributed by atoms with van der Waals surface area (Å²) in [4.78, 5) is 4.29. The molecule has 1 heterocycles. The number of nitrogens with zero attached hydrogens (tertiary/aromatic N) is 2. The maximum atomic E-state index is 14.0. The first-order valence-electron chi connectivity index (χ1n) is 8.66. The molecule has 0 aliphatic rings. The minimum absolute atomic E-state index is 0.173. The summed E-state index contributed by atoms with van der Waals surface area (Å²) in [6, 6.07) is 16.8. The minimum atomic E-state index is -3.72. The molecule has 0 fully saturated rings. The number of sulfonamides is 1. The maximum Gasteiger partial charge on any atom is 0.243 e. The fourth-order valence-electron chi connectivity index (χ4n) is 2.85. The molecule has 0 atom stereocenters. The van der Waals surface area contributed by atoms with Crippen molar-refractivity contribution >= 4 is 10.0 Å². The van der Waals surface area contributed by atoms with Crippen LogP contribution in [0.4, 0.5) is 4.39 Å². The fraction of sp³-hybridized carbons (Fsp3) is 0.190. The van der Waals surface area contributed by atoms with Crippen LogP contribution in [-0.2, 0) is 23.0 Å². The van der Waals surface area contributed by atoms with Crippen LogP contribution in [0.25, 0.3) is 0 Å². The van der Waals surface area contributed by atoms with Crippen molar-refractivity contribution < 1.29 is 12.8 Å². The molecule has 1 aromatic heterocycles. The van der Waals surface area contributed by atoms with Gasteiger partial charge in [0, 0.05) is 25.5 Å². The summed E-state index contributed by atoms with van der Waals surface area (Å²) >= 11 is 0. The van der Waals surface area contributed by atoms with E-state index in [1.807, 2.05) is 19.1 Å². The molecule has 140 valence electrons. The summed E-state index contributed by atoms with van der Waals surface area (Å²) in [6.45, 7) is 2.20. The van der Waals surface area contributed by atoms with Crippen molar-refractivity contribution in [3.63, 3.8) is 0 Å². The predicted octanol–water partition coefficient (Wildman–Crippen LogP) is 3.96. The highest BCUT2D eigenvalue weighted by Gasteiger charge is 2.25. The SMILES string of the molecule is Cc1cccc(S(=O)(=O)N(CCc2ccccc2F)Cc2cccnc2)c1. The monoisotopic (exact) mass is 384 g/mol. The molecule has 3 rings (SSSR count). The van der Waals surface area contributed by atoms with Crippen LogP contribution in [0.2, 0.25) is 0 Å². The van der Waals surface area contributed by atoms with Crippen molar-refractivity contribution in [1.82, 2.24) is 9.29 Å². The summed E-state index contributed by atoms with van der Waals surface area (Å²) in [5, 5.41) is 0. The number of aryl methyl sites for hydroxylation is 1. The lowest BCUT2D eigenvalue weighted by molar-refractivity contribution is 0.406. The average molecular weight is 384 g/mol. The van der Waals surface area contributed by atoms with Crippen molar-refractivity contribution in [3.05, 3.63) is 95.6 Å². The van der Waals surface area contributed by atoms with Crippen molar-refractivity contribution in [3.8, 4) is 0 Å². The van der Waals surface area contributed by atoms with Crippen LogP contribution < -0.4 is 0 Å². The van der Waals surface area contributed by atoms with Gasteiger partial charge in [-0.3, -0.25) is 4.98 Å². The van der Waals surface area contributed by atoms with E-state index in [0.717, 1.165) is 11.1 Å². The quantitative estimate of drug-likeness (QED) is 0.619. The average Bonchev–Trinajstić information content (AvgIpc) is 2.67. The summed E-state index contributed by atoms with van der Waals surface area (Å²) < 4.78 is 41.8. The highest BCUT2D eigenvalue weighted by atomic mass is 32.2. The predicted molar refractivity (Wildman–Crippen MR) is 103 cm³/mol. The largest absolute Gasteiger partial charge is 0.264 e. The van der Waals surface area contributed by atoms with E-state index in [2.05, 4.69) is 4.98 Å². The molecule has 0 radical (unpaired) electrons. The molecule has 0 aliphatic heterocycles. The molecule has 27 heavy (non-hydrogen) atoms. The molecule has 0 aliphatic carbocycles. The maximum absolute atomic E-state index is 14.0. The van der Waals surface area contributed by atoms with E-state index in [9.17, 15) is 12.8 Å². The number of benzene rings is 2. The molecule has 0 bridgehead atoms. The van der Waals surface area contributed by atoms with Crippen LogP contribution in [-0.4, -0.2) is 24.3 Å². The van der Waals surface area contributed by atoms with Crippen LogP contribution in [0.1, 0.15) is 16.7 Å². The summed E-state index contributed by atoms with van der Waals surface area (Å²) in [5.41, 5.74) is 2.14. The molecule has 4 nitrogen and oxygen atoms in total. The molecule has 0 saturated carbocycles. The summed E-state index contributed by atoms with van der Waals surface area (Å²) in [5.74, 6) is -0.327. The molecular formula is C21H21FN2O2S. The number of hydrogen-bond acceptors (Lipinski definition) is 3. The molecule has 6 heteroatoms. The van der Waals surface area contributed by atoms with Gasteiger partial charge < -0.3 is 0 Å². The molecule has 2 aromatic carbocycles. The van der Waals surface area contributed by atoms with Gasteiger partial charge in [-0.25, -0.2) is 12.8 Å². The van der Waals surface area contributed by atoms with E-state index in [-0.39, 0.29) is 30.2 Å². The van der Waals surface area contributed by atoms with Crippen LogP contribution in [0, 0.1) is 12.7 Å². The Morgan fingerprint density at radius 3 is 2.56 bits per heavy atom. The first-order chi connectivity index (χ1) is 13.0. The summed E-state index contributed by atoms with van der Waals surface area (Å²) in [6.07, 6.45) is 3.57. The number of hydrogen-bond donors (Lipinski definition) is 0. The number of aromatic nitrogens is 1. The van der Waals surface area contributed by atoms with Crippen LogP contribution in [0.5, 0.6) is 0 Å². The highest BCUT2D eigenvalue weighted by molar-refractivity contribution is 7.89. The smallest absolute Gasteiger partial charge is 0.243 e. The van der Waals surface area contributed by atoms with Crippen molar-refractivity contribution in [2.45, 2.75) is 24.8 Å². The van der Waals surface area contributed by atoms with E-state index in [1.54, 1.807) is 54.9 Å². The summed E-state index contributed by atoms with van der Waals surface area (Å²) in [7, 11) is -3.72. The second-order valence-electron chi connectivity index (χ2n) is 6.36. The second kappa shape index (κ2) is 8.41. The lowest BCUT2D eigenvalue weighted by atomic mass is 10.1. The first kappa shape index (κ1) is 19.2. The van der Waals surface area contributed by atoms with Gasteiger partial charge in [0.25, 0.3) is 0 Å². The molecule has 0 saturated heterocycles. The Morgan fingerprint density at radius 1 is 1.04 bits per heavy atom. The van der Waals surface area contributed by atoms with Crippen molar-refractivity contribution in [1.29, 1.82) is 0 Å². The normalized spacial score (nSPS) is 11.7. The minimum Gasteiger partial charge on any atom is -0.264 e. The number of rotatable bonds is 7. The third kappa shape index (κ3) is 4.78. The highest BCUT2D eigenvalue weighted by Crippen LogP contribution is 2.20. The van der Waals surface area contributed by atoms with Gasteiger partial charge in [-0.15, -0.1) is 0 Å². The van der Waals surface area contributed by atoms with Crippen molar-refractivity contribution in [2.24, 2.45) is 0 Å². The Hall–Kier alpha value is -2.57. The second-order valence-corrected chi connectivity index (χ2v) is 8.30. The van der Waals surface area contributed by atoms with Gasteiger partial charge in [-0.05, 0) is 54.3 Å². The van der Waals surface area contributed by atoms with Gasteiger partial charge in [0.2, 0.25) is 10.0 Å². The Labute approximate surface area is 159 Å². The van der Waals surface area contributed by atoms with Gasteiger partial charge in [-0.1, -0.05) is 36.4 Å². The van der Waals surface area contributed by atoms with Gasteiger partial charge in [0.15, 0.2) is 0 Å². The molecule has 3 aromatic rings. The molecular weight excluding hydrogens is 363 g/mol. The van der Waals surface area contributed by atoms with Crippen LogP contribution >= 0.6 is 0 Å². The Balaban J connectivity index is 1.90. The molecule has 0 N–H and O–H groups in total. The zero-order valence-electron chi connectivity index (χ0n) is 15.0. The number of halogens is 1. The van der Waals surface area contributed by atoms with Crippen LogP contribution in [0.15, 0.2) is 78.0 Å². The van der Waals surface area contributed by atoms with Crippen LogP contribution in [0.3, 0.4) is 0 Å². The Bertz CT molecular complexity index is 1010. The molecule has 0 amide bonds. The van der Waals surface area contributed by atoms with E-state index >= 15 is 0 Å². The Morgan fingerprint density at radius 2 is 1.85 bits per heavy atom. The van der Waals surface area contributed by atoms with E-state index in [0.29, 0.717) is 5.56 Å². The number of pyridine rings is 1. The van der Waals surface area contributed by atoms with E-state index in [1.165, 1.54) is 10.4 Å². The molecule has 0 unspecified atom stereocenters. The first-order valence-corrected chi connectivity index (χ1v) is 10.1. The molecule has 0 spiro atoms. The van der Waals surface area contributed by atoms with Gasteiger partial charge in [-0.2, -0.15) is 4.31 Å². The van der Waals surface area contributed by atoms with Gasteiger partial charge >= 0.3 is 0 Å². The lowest BCUT2D eigenvalue weighted by Gasteiger charge is -2.22. The zero-order chi connectivity index (χ0) is 19.3.